The van der Waals surface area contributed by atoms with Gasteiger partial charge in [-0.1, -0.05) is 194 Å². The zero-order chi connectivity index (χ0) is 66.3. The van der Waals surface area contributed by atoms with Crippen LogP contribution in [0.15, 0.2) is 315 Å². The fourth-order valence-electron chi connectivity index (χ4n) is 12.4. The van der Waals surface area contributed by atoms with E-state index in [4.69, 9.17) is 18.9 Å². The molecule has 0 aliphatic carbocycles. The lowest BCUT2D eigenvalue weighted by Crippen LogP contribution is -2.25. The highest BCUT2D eigenvalue weighted by Gasteiger charge is 2.27. The first-order chi connectivity index (χ1) is 46.5. The van der Waals surface area contributed by atoms with Crippen molar-refractivity contribution < 1.29 is 18.9 Å². The fourth-order valence-corrected chi connectivity index (χ4v) is 12.4. The van der Waals surface area contributed by atoms with E-state index in [0.717, 1.165) is 123 Å². The summed E-state index contributed by atoms with van der Waals surface area (Å²) >= 11 is 0. The third-order valence-corrected chi connectivity index (χ3v) is 17.6. The molecule has 6 heteroatoms. The molecular weight excluding hydrogens is 1170 g/mol. The van der Waals surface area contributed by atoms with Crippen molar-refractivity contribution in [2.75, 3.05) is 9.80 Å². The minimum Gasteiger partial charge on any atom is -0.483 e. The maximum atomic E-state index is 6.61. The fraction of sp³-hybridized carbons (Fsp3) is 0.133. The summed E-state index contributed by atoms with van der Waals surface area (Å²) in [5.41, 5.74) is 11.8. The standard InChI is InChI=1S/C90H76N2O4/c1-87(2,67-25-13-9-14-26-67)93-77-55-47-73(48-56-77)91(74-49-57-78(58-50-74)94-88(3,4)68-27-15-10-16-28-68)71-43-37-65(38-44-71)41-63-85-81-33-21-23-35-83(81)86(84-36-24-22-34-82(84)85)64-42-66-39-45-72(46-40-66)92(75-51-59-79(60-52-75)95-89(5,6)69-29-17-11-18-30-69)76-53-61-80(62-54-76)96-90(7,8)70-31-19-12-20-32-70/h9-40,43-62H,1-8H3. The van der Waals surface area contributed by atoms with Gasteiger partial charge in [-0.3, -0.25) is 0 Å². The number of ether oxygens (including phenoxy) is 4. The average Bonchev–Trinajstić information content (AvgIpc) is 0.769. The summed E-state index contributed by atoms with van der Waals surface area (Å²) in [6, 6.07) is 108. The molecule has 0 saturated carbocycles. The first kappa shape index (κ1) is 63.1. The van der Waals surface area contributed by atoms with Crippen LogP contribution in [0.2, 0.25) is 0 Å². The molecule has 13 aromatic rings. The molecule has 0 atom stereocenters. The van der Waals surface area contributed by atoms with E-state index in [1.165, 1.54) is 0 Å². The van der Waals surface area contributed by atoms with Gasteiger partial charge in [0.2, 0.25) is 0 Å². The van der Waals surface area contributed by atoms with Crippen molar-refractivity contribution in [2.45, 2.75) is 77.8 Å². The number of hydrogen-bond donors (Lipinski definition) is 0. The molecule has 470 valence electrons. The lowest BCUT2D eigenvalue weighted by molar-refractivity contribution is 0.108. The maximum Gasteiger partial charge on any atom is 0.128 e. The van der Waals surface area contributed by atoms with Crippen molar-refractivity contribution in [3.05, 3.63) is 360 Å². The molecule has 0 saturated heterocycles. The van der Waals surface area contributed by atoms with E-state index in [1.807, 2.05) is 121 Å². The summed E-state index contributed by atoms with van der Waals surface area (Å²) in [6.45, 7) is 16.8. The third-order valence-electron chi connectivity index (χ3n) is 17.6. The zero-order valence-corrected chi connectivity index (χ0v) is 55.5. The van der Waals surface area contributed by atoms with E-state index in [2.05, 4.69) is 283 Å². The van der Waals surface area contributed by atoms with Crippen LogP contribution in [0.5, 0.6) is 23.0 Å². The minimum atomic E-state index is -0.528. The van der Waals surface area contributed by atoms with Gasteiger partial charge in [0, 0.05) is 56.4 Å². The van der Waals surface area contributed by atoms with E-state index in [9.17, 15) is 0 Å². The molecule has 0 spiro atoms. The predicted molar refractivity (Wildman–Crippen MR) is 396 cm³/mol. The first-order valence-corrected chi connectivity index (χ1v) is 32.7. The highest BCUT2D eigenvalue weighted by Crippen LogP contribution is 2.42. The molecule has 0 unspecified atom stereocenters. The van der Waals surface area contributed by atoms with Crippen molar-refractivity contribution in [1.82, 2.24) is 0 Å². The van der Waals surface area contributed by atoms with Crippen molar-refractivity contribution in [3.63, 3.8) is 0 Å². The molecule has 0 aromatic heterocycles. The summed E-state index contributed by atoms with van der Waals surface area (Å²) in [4.78, 5) is 4.49. The second kappa shape index (κ2) is 27.1. The Kier molecular flexibility index (Phi) is 17.8. The second-order valence-electron chi connectivity index (χ2n) is 26.0. The number of anilines is 6. The Morgan fingerprint density at radius 1 is 0.208 bits per heavy atom. The highest BCUT2D eigenvalue weighted by molar-refractivity contribution is 6.10. The van der Waals surface area contributed by atoms with Crippen LogP contribution in [0.25, 0.3) is 21.5 Å². The molecule has 13 aromatic carbocycles. The summed E-state index contributed by atoms with van der Waals surface area (Å²) in [5, 5.41) is 4.17. The van der Waals surface area contributed by atoms with Crippen LogP contribution in [-0.2, 0) is 22.4 Å². The van der Waals surface area contributed by atoms with Gasteiger partial charge in [-0.2, -0.15) is 0 Å². The van der Waals surface area contributed by atoms with Gasteiger partial charge in [-0.15, -0.1) is 0 Å². The van der Waals surface area contributed by atoms with Gasteiger partial charge in [0.15, 0.2) is 0 Å². The van der Waals surface area contributed by atoms with Gasteiger partial charge in [0.05, 0.1) is 0 Å². The number of hydrogen-bond acceptors (Lipinski definition) is 6. The third kappa shape index (κ3) is 14.1. The molecule has 0 radical (unpaired) electrons. The molecule has 13 rings (SSSR count). The van der Waals surface area contributed by atoms with Crippen LogP contribution in [0.3, 0.4) is 0 Å². The van der Waals surface area contributed by atoms with Gasteiger partial charge in [0.25, 0.3) is 0 Å². The molecule has 6 nitrogen and oxygen atoms in total. The van der Waals surface area contributed by atoms with Crippen LogP contribution in [0.1, 0.15) is 99.9 Å². The second-order valence-corrected chi connectivity index (χ2v) is 26.0. The Morgan fingerprint density at radius 3 is 0.604 bits per heavy atom. The quantitative estimate of drug-likeness (QED) is 0.0630. The lowest BCUT2D eigenvalue weighted by Gasteiger charge is -2.29. The van der Waals surface area contributed by atoms with Crippen LogP contribution in [0, 0.1) is 23.7 Å². The number of nitrogens with zero attached hydrogens (tertiary/aromatic N) is 2. The smallest absolute Gasteiger partial charge is 0.128 e. The molecule has 0 N–H and O–H groups in total. The summed E-state index contributed by atoms with van der Waals surface area (Å²) in [7, 11) is 0. The highest BCUT2D eigenvalue weighted by atomic mass is 16.5. The van der Waals surface area contributed by atoms with E-state index in [-0.39, 0.29) is 0 Å². The van der Waals surface area contributed by atoms with E-state index in [0.29, 0.717) is 0 Å². The van der Waals surface area contributed by atoms with Crippen LogP contribution in [-0.4, -0.2) is 0 Å². The monoisotopic (exact) mass is 1250 g/mol. The van der Waals surface area contributed by atoms with Crippen LogP contribution < -0.4 is 28.7 Å². The number of benzene rings is 13. The first-order valence-electron chi connectivity index (χ1n) is 32.7. The Morgan fingerprint density at radius 2 is 0.396 bits per heavy atom. The largest absolute Gasteiger partial charge is 0.483 e. The number of fused-ring (bicyclic) bond motifs is 2. The maximum absolute atomic E-state index is 6.61. The lowest BCUT2D eigenvalue weighted by atomic mass is 9.92. The summed E-state index contributed by atoms with van der Waals surface area (Å²) < 4.78 is 26.4. The van der Waals surface area contributed by atoms with Gasteiger partial charge in [-0.05, 0) is 245 Å². The Labute approximate surface area is 565 Å². The number of rotatable bonds is 18. The van der Waals surface area contributed by atoms with Gasteiger partial charge in [-0.25, -0.2) is 0 Å². The normalized spacial score (nSPS) is 11.6. The molecular formula is C90H76N2O4. The van der Waals surface area contributed by atoms with E-state index in [1.54, 1.807) is 0 Å². The average molecular weight is 1250 g/mol. The Bertz CT molecular complexity index is 4360. The van der Waals surface area contributed by atoms with E-state index >= 15 is 0 Å². The zero-order valence-electron chi connectivity index (χ0n) is 55.5. The molecule has 0 heterocycles. The molecule has 0 bridgehead atoms. The van der Waals surface area contributed by atoms with Gasteiger partial charge in [0.1, 0.15) is 45.4 Å². The van der Waals surface area contributed by atoms with Crippen molar-refractivity contribution in [3.8, 4) is 46.7 Å². The predicted octanol–water partition coefficient (Wildman–Crippen LogP) is 23.0. The van der Waals surface area contributed by atoms with Crippen molar-refractivity contribution in [1.29, 1.82) is 0 Å². The molecule has 0 fully saturated rings. The van der Waals surface area contributed by atoms with Gasteiger partial charge < -0.3 is 28.7 Å². The van der Waals surface area contributed by atoms with Crippen LogP contribution >= 0.6 is 0 Å². The summed E-state index contributed by atoms with van der Waals surface area (Å²) in [6.07, 6.45) is 0. The molecule has 0 amide bonds. The Balaban J connectivity index is 0.787. The Hall–Kier alpha value is -11.7. The SMILES string of the molecule is CC(C)(Oc1ccc(N(c2ccc(C#Cc3c4ccccc4c(C#Cc4ccc(N(c5ccc(OC(C)(C)c6ccccc6)cc5)c5ccc(OC(C)(C)c6ccccc6)cc5)cc4)c4ccccc34)cc2)c2ccc(OC(C)(C)c3ccccc3)cc2)cc1)c1ccccc1. The van der Waals surface area contributed by atoms with Crippen molar-refractivity contribution >= 4 is 55.7 Å². The molecule has 0 aliphatic rings. The molecule has 96 heavy (non-hydrogen) atoms. The minimum absolute atomic E-state index is 0.528. The van der Waals surface area contributed by atoms with E-state index < -0.39 is 22.4 Å². The van der Waals surface area contributed by atoms with Crippen molar-refractivity contribution in [2.24, 2.45) is 0 Å². The van der Waals surface area contributed by atoms with Gasteiger partial charge >= 0.3 is 0 Å². The summed E-state index contributed by atoms with van der Waals surface area (Å²) in [5.74, 6) is 17.6. The molecule has 0 aliphatic heterocycles. The van der Waals surface area contributed by atoms with Crippen LogP contribution in [0.4, 0.5) is 34.1 Å². The topological polar surface area (TPSA) is 43.4 Å².